The van der Waals surface area contributed by atoms with E-state index in [0.717, 1.165) is 16.7 Å². The van der Waals surface area contributed by atoms with E-state index in [2.05, 4.69) is 0 Å². The molecule has 7 nitrogen and oxygen atoms in total. The Morgan fingerprint density at radius 3 is 1.52 bits per heavy atom. The molecule has 1 aromatic rings. The molecule has 1 aromatic carbocycles. The molecule has 1 rings (SSSR count). The highest BCUT2D eigenvalue weighted by Gasteiger charge is 2.26. The molecule has 0 heterocycles. The lowest BCUT2D eigenvalue weighted by Gasteiger charge is -2.28. The number of aromatic hydroxyl groups is 1. The zero-order valence-corrected chi connectivity index (χ0v) is 17.5. The Morgan fingerprint density at radius 2 is 1.28 bits per heavy atom. The van der Waals surface area contributed by atoms with Gasteiger partial charge in [0.2, 0.25) is 0 Å². The molecule has 5 N–H and O–H groups in total. The molecule has 0 saturated heterocycles. The Labute approximate surface area is 149 Å². The maximum atomic E-state index is 11.1. The van der Waals surface area contributed by atoms with Crippen LogP contribution in [0.5, 0.6) is 5.75 Å². The van der Waals surface area contributed by atoms with Gasteiger partial charge in [-0.05, 0) is 33.9 Å². The molecule has 0 unspecified atom stereocenters. The summed E-state index contributed by atoms with van der Waals surface area (Å²) in [7, 11) is -7.15. The normalized spacial score (nSPS) is 12.8. The number of benzene rings is 1. The van der Waals surface area contributed by atoms with Crippen LogP contribution in [0.25, 0.3) is 0 Å². The van der Waals surface area contributed by atoms with Crippen LogP contribution in [-0.2, 0) is 26.4 Å². The van der Waals surface area contributed by atoms with E-state index in [0.29, 0.717) is 6.42 Å². The molecule has 0 fully saturated rings. The summed E-state index contributed by atoms with van der Waals surface area (Å²) in [5.41, 5.74) is 2.02. The first-order valence-corrected chi connectivity index (χ1v) is 10.9. The van der Waals surface area contributed by atoms with E-state index < -0.39 is 15.9 Å². The van der Waals surface area contributed by atoms with Gasteiger partial charge >= 0.3 is 15.9 Å². The van der Waals surface area contributed by atoms with E-state index in [1.807, 2.05) is 53.7 Å². The van der Waals surface area contributed by atoms with Gasteiger partial charge < -0.3 is 24.7 Å². The first kappa shape index (κ1) is 24.3. The summed E-state index contributed by atoms with van der Waals surface area (Å²) in [5.74, 6) is 0.287. The van der Waals surface area contributed by atoms with Crippen LogP contribution in [0.3, 0.4) is 0 Å². The third kappa shape index (κ3) is 9.55. The van der Waals surface area contributed by atoms with Gasteiger partial charge in [0.05, 0.1) is 6.16 Å². The molecule has 0 aliphatic rings. The summed E-state index contributed by atoms with van der Waals surface area (Å²) in [5, 5.41) is 10.6. The zero-order valence-electron chi connectivity index (χ0n) is 15.6. The van der Waals surface area contributed by atoms with E-state index in [-0.39, 0.29) is 22.7 Å². The Morgan fingerprint density at radius 1 is 0.960 bits per heavy atom. The summed E-state index contributed by atoms with van der Waals surface area (Å²) in [6.45, 7) is 12.1. The minimum atomic E-state index is -4.02. The fraction of sp³-hybridized carbons (Fsp3) is 0.625. The van der Waals surface area contributed by atoms with Crippen molar-refractivity contribution < 1.29 is 33.8 Å². The molecule has 9 heteroatoms. The van der Waals surface area contributed by atoms with Gasteiger partial charge in [-0.25, -0.2) is 0 Å². The summed E-state index contributed by atoms with van der Waals surface area (Å²) in [6.07, 6.45) is 0.127. The third-order valence-electron chi connectivity index (χ3n) is 3.48. The first-order valence-electron chi connectivity index (χ1n) is 7.78. The number of rotatable bonds is 3. The SMILES string of the molecule is CC(C)(C)c1cc(CCP(=O)(O)O)cc(C(C)(C)C)c1O.O=[PH](O)O. The summed E-state index contributed by atoms with van der Waals surface area (Å²) >= 11 is 0. The maximum Gasteiger partial charge on any atom is 0.325 e. The van der Waals surface area contributed by atoms with Crippen LogP contribution in [0.2, 0.25) is 0 Å². The largest absolute Gasteiger partial charge is 0.507 e. The Balaban J connectivity index is 0.00000129. The fourth-order valence-corrected chi connectivity index (χ4v) is 2.81. The van der Waals surface area contributed by atoms with Crippen molar-refractivity contribution in [3.8, 4) is 5.75 Å². The van der Waals surface area contributed by atoms with Crippen molar-refractivity contribution in [3.63, 3.8) is 0 Å². The lowest BCUT2D eigenvalue weighted by molar-refractivity contribution is 0.373. The van der Waals surface area contributed by atoms with Gasteiger partial charge in [-0.2, -0.15) is 0 Å². The smallest absolute Gasteiger partial charge is 0.325 e. The van der Waals surface area contributed by atoms with E-state index in [1.165, 1.54) is 0 Å². The number of hydrogen-bond acceptors (Lipinski definition) is 3. The highest BCUT2D eigenvalue weighted by atomic mass is 31.2. The van der Waals surface area contributed by atoms with Crippen molar-refractivity contribution in [2.24, 2.45) is 0 Å². The molecule has 0 amide bonds. The standard InChI is InChI=1S/C16H27O4P.H3O3P/c1-15(2,3)12-9-11(7-8-21(18,19)20)10-13(14(12)17)16(4,5)6;1-4(2)3/h9-10,17H,7-8H2,1-6H3,(H2,18,19,20);4H,(H2,1,2,3). The fourth-order valence-electron chi connectivity index (χ4n) is 2.26. The van der Waals surface area contributed by atoms with Gasteiger partial charge in [-0.15, -0.1) is 0 Å². The Hall–Kier alpha value is -0.680. The molecule has 0 atom stereocenters. The molecule has 0 spiro atoms. The number of hydrogen-bond donors (Lipinski definition) is 5. The molecule has 0 bridgehead atoms. The van der Waals surface area contributed by atoms with E-state index in [9.17, 15) is 9.67 Å². The molecule has 0 aromatic heterocycles. The highest BCUT2D eigenvalue weighted by molar-refractivity contribution is 7.51. The van der Waals surface area contributed by atoms with Crippen molar-refractivity contribution in [1.29, 1.82) is 0 Å². The highest BCUT2D eigenvalue weighted by Crippen LogP contribution is 2.41. The van der Waals surface area contributed by atoms with Crippen LogP contribution in [0.4, 0.5) is 0 Å². The van der Waals surface area contributed by atoms with Gasteiger partial charge in [-0.1, -0.05) is 53.7 Å². The lowest BCUT2D eigenvalue weighted by Crippen LogP contribution is -2.18. The second kappa shape index (κ2) is 8.81. The van der Waals surface area contributed by atoms with Crippen LogP contribution in [0.15, 0.2) is 12.1 Å². The van der Waals surface area contributed by atoms with Gasteiger partial charge in [0.1, 0.15) is 5.75 Å². The average molecular weight is 396 g/mol. The predicted molar refractivity (Wildman–Crippen MR) is 99.6 cm³/mol. The molecule has 146 valence electrons. The van der Waals surface area contributed by atoms with Crippen molar-refractivity contribution in [1.82, 2.24) is 0 Å². The average Bonchev–Trinajstić information content (AvgIpc) is 2.32. The maximum absolute atomic E-state index is 11.1. The van der Waals surface area contributed by atoms with Crippen molar-refractivity contribution in [2.75, 3.05) is 6.16 Å². The second-order valence-electron chi connectivity index (χ2n) is 7.96. The van der Waals surface area contributed by atoms with Crippen molar-refractivity contribution >= 4 is 15.9 Å². The van der Waals surface area contributed by atoms with Crippen LogP contribution in [0, 0.1) is 0 Å². The van der Waals surface area contributed by atoms with Crippen molar-refractivity contribution in [3.05, 3.63) is 28.8 Å². The Kier molecular flexibility index (Phi) is 8.57. The quantitative estimate of drug-likeness (QED) is 0.496. The summed E-state index contributed by atoms with van der Waals surface area (Å²) < 4.78 is 19.8. The molecule has 0 aliphatic heterocycles. The molecule has 0 aliphatic carbocycles. The minimum absolute atomic E-state index is 0.176. The van der Waals surface area contributed by atoms with E-state index in [1.54, 1.807) is 0 Å². The summed E-state index contributed by atoms with van der Waals surface area (Å²) in [4.78, 5) is 32.4. The lowest BCUT2D eigenvalue weighted by atomic mass is 9.78. The Bertz CT molecular complexity index is 612. The minimum Gasteiger partial charge on any atom is -0.507 e. The second-order valence-corrected chi connectivity index (χ2v) is 10.3. The first-order chi connectivity index (χ1) is 10.9. The molecular weight excluding hydrogens is 366 g/mol. The third-order valence-corrected chi connectivity index (χ3v) is 4.28. The molecule has 25 heavy (non-hydrogen) atoms. The molecule has 0 saturated carbocycles. The predicted octanol–water partition coefficient (Wildman–Crippen LogP) is 3.07. The van der Waals surface area contributed by atoms with E-state index in [4.69, 9.17) is 24.1 Å². The van der Waals surface area contributed by atoms with Gasteiger partial charge in [-0.3, -0.25) is 9.13 Å². The monoisotopic (exact) mass is 396 g/mol. The van der Waals surface area contributed by atoms with Crippen molar-refractivity contribution in [2.45, 2.75) is 58.8 Å². The molecule has 0 radical (unpaired) electrons. The van der Waals surface area contributed by atoms with Crippen LogP contribution >= 0.6 is 15.9 Å². The summed E-state index contributed by atoms with van der Waals surface area (Å²) in [6, 6.07) is 3.72. The van der Waals surface area contributed by atoms with Gasteiger partial charge in [0.15, 0.2) is 0 Å². The number of phenols is 1. The number of aryl methyl sites for hydroxylation is 1. The van der Waals surface area contributed by atoms with Crippen LogP contribution in [-0.4, -0.2) is 30.8 Å². The molecular formula is C16H30O7P2. The zero-order chi connectivity index (χ0) is 20.2. The van der Waals surface area contributed by atoms with Gasteiger partial charge in [0.25, 0.3) is 0 Å². The van der Waals surface area contributed by atoms with Crippen LogP contribution < -0.4 is 0 Å². The van der Waals surface area contributed by atoms with E-state index >= 15 is 0 Å². The number of phenolic OH excluding ortho intramolecular Hbond substituents is 1. The van der Waals surface area contributed by atoms with Gasteiger partial charge in [0, 0.05) is 0 Å². The van der Waals surface area contributed by atoms with Crippen LogP contribution in [0.1, 0.15) is 58.2 Å². The topological polar surface area (TPSA) is 135 Å².